The highest BCUT2D eigenvalue weighted by Crippen LogP contribution is 2.33. The molecule has 30 heavy (non-hydrogen) atoms. The van der Waals surface area contributed by atoms with Gasteiger partial charge >= 0.3 is 12.3 Å². The van der Waals surface area contributed by atoms with Crippen LogP contribution in [-0.4, -0.2) is 55.8 Å². The lowest BCUT2D eigenvalue weighted by Crippen LogP contribution is -2.49. The smallest absolute Gasteiger partial charge is 0.419 e. The molecule has 8 nitrogen and oxygen atoms in total. The molecule has 2 heterocycles. The number of halogens is 4. The molecule has 12 heteroatoms. The standard InChI is InChI=1S/C18H16F4N4O4/c19-12-5-9(1-2-11(12)18(20,21)22)13-6-10(24-8-25-13)7-23-16(28)15-14(27)3-4-26(15)17(29)30/h1-2,5-6,8,14-15,27H,3-4,7H2,(H,23,28)(H,29,30)/t14-,15-/m1/s1. The Kier molecular flexibility index (Phi) is 5.87. The predicted octanol–water partition coefficient (Wildman–Crippen LogP) is 2.03. The van der Waals surface area contributed by atoms with E-state index < -0.39 is 41.7 Å². The average Bonchev–Trinajstić information content (AvgIpc) is 3.07. The van der Waals surface area contributed by atoms with Gasteiger partial charge in [0.25, 0.3) is 0 Å². The van der Waals surface area contributed by atoms with E-state index in [0.29, 0.717) is 12.1 Å². The van der Waals surface area contributed by atoms with Crippen LogP contribution >= 0.6 is 0 Å². The van der Waals surface area contributed by atoms with Crippen molar-refractivity contribution >= 4 is 12.0 Å². The number of nitrogens with one attached hydrogen (secondary N) is 1. The third-order valence-corrected chi connectivity index (χ3v) is 4.62. The van der Waals surface area contributed by atoms with Crippen LogP contribution < -0.4 is 5.32 Å². The van der Waals surface area contributed by atoms with E-state index in [1.165, 1.54) is 6.07 Å². The number of aromatic nitrogens is 2. The van der Waals surface area contributed by atoms with Crippen LogP contribution in [0.2, 0.25) is 0 Å². The number of aliphatic hydroxyl groups excluding tert-OH is 1. The Morgan fingerprint density at radius 1 is 1.23 bits per heavy atom. The molecule has 3 rings (SSSR count). The highest BCUT2D eigenvalue weighted by molar-refractivity contribution is 5.86. The molecule has 0 radical (unpaired) electrons. The molecule has 2 atom stereocenters. The molecule has 1 fully saturated rings. The summed E-state index contributed by atoms with van der Waals surface area (Å²) in [5, 5.41) is 21.4. The lowest BCUT2D eigenvalue weighted by atomic mass is 10.1. The zero-order chi connectivity index (χ0) is 22.1. The number of rotatable bonds is 4. The van der Waals surface area contributed by atoms with Crippen LogP contribution in [0.3, 0.4) is 0 Å². The summed E-state index contributed by atoms with van der Waals surface area (Å²) in [7, 11) is 0. The van der Waals surface area contributed by atoms with Crippen molar-refractivity contribution in [2.75, 3.05) is 6.54 Å². The second kappa shape index (κ2) is 8.22. The largest absolute Gasteiger partial charge is 0.465 e. The SMILES string of the molecule is O=C(NCc1cc(-c2ccc(C(F)(F)F)c(F)c2)ncn1)[C@H]1[C@H](O)CCN1C(=O)O. The van der Waals surface area contributed by atoms with Gasteiger partial charge in [0.2, 0.25) is 5.91 Å². The van der Waals surface area contributed by atoms with Gasteiger partial charge in [0.05, 0.1) is 29.6 Å². The number of nitrogens with zero attached hydrogens (tertiary/aromatic N) is 3. The van der Waals surface area contributed by atoms with E-state index in [1.807, 2.05) is 0 Å². The van der Waals surface area contributed by atoms with Crippen molar-refractivity contribution in [3.8, 4) is 11.3 Å². The second-order valence-electron chi connectivity index (χ2n) is 6.58. The first-order valence-corrected chi connectivity index (χ1v) is 8.71. The third kappa shape index (κ3) is 4.48. The maximum atomic E-state index is 13.8. The number of hydrogen-bond acceptors (Lipinski definition) is 5. The molecule has 0 unspecified atom stereocenters. The lowest BCUT2D eigenvalue weighted by Gasteiger charge is -2.22. The first-order chi connectivity index (χ1) is 14.1. The van der Waals surface area contributed by atoms with Crippen molar-refractivity contribution in [1.82, 2.24) is 20.2 Å². The molecule has 0 saturated carbocycles. The van der Waals surface area contributed by atoms with Crippen molar-refractivity contribution in [2.24, 2.45) is 0 Å². The molecule has 2 aromatic rings. The number of carboxylic acid groups (broad SMARTS) is 1. The number of carbonyl (C=O) groups is 2. The summed E-state index contributed by atoms with van der Waals surface area (Å²) < 4.78 is 51.9. The summed E-state index contributed by atoms with van der Waals surface area (Å²) >= 11 is 0. The van der Waals surface area contributed by atoms with E-state index in [2.05, 4.69) is 15.3 Å². The molecule has 1 saturated heterocycles. The molecule has 1 aliphatic rings. The van der Waals surface area contributed by atoms with Gasteiger partial charge in [-0.25, -0.2) is 19.2 Å². The third-order valence-electron chi connectivity index (χ3n) is 4.62. The van der Waals surface area contributed by atoms with E-state index in [4.69, 9.17) is 5.11 Å². The highest BCUT2D eigenvalue weighted by Gasteiger charge is 2.41. The molecular weight excluding hydrogens is 412 g/mol. The number of amides is 2. The zero-order valence-electron chi connectivity index (χ0n) is 15.2. The van der Waals surface area contributed by atoms with E-state index >= 15 is 0 Å². The fourth-order valence-electron chi connectivity index (χ4n) is 3.15. The number of benzene rings is 1. The summed E-state index contributed by atoms with van der Waals surface area (Å²) in [6, 6.07) is 2.47. The summed E-state index contributed by atoms with van der Waals surface area (Å²) in [5.74, 6) is -2.17. The van der Waals surface area contributed by atoms with Gasteiger partial charge < -0.3 is 15.5 Å². The van der Waals surface area contributed by atoms with Crippen LogP contribution in [0.1, 0.15) is 17.7 Å². The van der Waals surface area contributed by atoms with E-state index in [0.717, 1.165) is 17.3 Å². The predicted molar refractivity (Wildman–Crippen MR) is 93.4 cm³/mol. The van der Waals surface area contributed by atoms with Crippen molar-refractivity contribution in [3.05, 3.63) is 47.7 Å². The van der Waals surface area contributed by atoms with Gasteiger partial charge in [0.1, 0.15) is 18.2 Å². The van der Waals surface area contributed by atoms with Crippen LogP contribution in [0, 0.1) is 5.82 Å². The Bertz CT molecular complexity index is 969. The van der Waals surface area contributed by atoms with Crippen LogP contribution in [-0.2, 0) is 17.5 Å². The number of alkyl halides is 3. The molecule has 0 spiro atoms. The molecule has 0 aliphatic carbocycles. The minimum atomic E-state index is -4.82. The summed E-state index contributed by atoms with van der Waals surface area (Å²) in [6.07, 6.45) is -6.07. The van der Waals surface area contributed by atoms with E-state index in [-0.39, 0.29) is 36.5 Å². The number of carbonyl (C=O) groups excluding carboxylic acids is 1. The Morgan fingerprint density at radius 2 is 1.97 bits per heavy atom. The van der Waals surface area contributed by atoms with Crippen LogP contribution in [0.4, 0.5) is 22.4 Å². The van der Waals surface area contributed by atoms with Crippen LogP contribution in [0.5, 0.6) is 0 Å². The first kappa shape index (κ1) is 21.4. The summed E-state index contributed by atoms with van der Waals surface area (Å²) in [6.45, 7) is -0.139. The maximum absolute atomic E-state index is 13.8. The van der Waals surface area contributed by atoms with Crippen molar-refractivity contribution in [2.45, 2.75) is 31.3 Å². The minimum absolute atomic E-state index is 0.0196. The van der Waals surface area contributed by atoms with Crippen LogP contribution in [0.25, 0.3) is 11.3 Å². The minimum Gasteiger partial charge on any atom is -0.465 e. The molecule has 160 valence electrons. The second-order valence-corrected chi connectivity index (χ2v) is 6.58. The highest BCUT2D eigenvalue weighted by atomic mass is 19.4. The van der Waals surface area contributed by atoms with E-state index in [9.17, 15) is 32.3 Å². The van der Waals surface area contributed by atoms with Gasteiger partial charge in [-0.05, 0) is 24.6 Å². The van der Waals surface area contributed by atoms with Crippen LogP contribution in [0.15, 0.2) is 30.6 Å². The van der Waals surface area contributed by atoms with Crippen molar-refractivity contribution in [3.63, 3.8) is 0 Å². The normalized spacial score (nSPS) is 19.0. The fourth-order valence-corrected chi connectivity index (χ4v) is 3.15. The Labute approximate surface area is 167 Å². The molecule has 1 aliphatic heterocycles. The number of likely N-dealkylation sites (tertiary alicyclic amines) is 1. The quantitative estimate of drug-likeness (QED) is 0.642. The Morgan fingerprint density at radius 3 is 2.60 bits per heavy atom. The molecular formula is C18H16F4N4O4. The Hall–Kier alpha value is -3.28. The molecule has 1 aromatic heterocycles. The van der Waals surface area contributed by atoms with E-state index in [1.54, 1.807) is 0 Å². The summed E-state index contributed by atoms with van der Waals surface area (Å²) in [4.78, 5) is 32.1. The van der Waals surface area contributed by atoms with Gasteiger partial charge in [0.15, 0.2) is 0 Å². The summed E-state index contributed by atoms with van der Waals surface area (Å²) in [5.41, 5.74) is -0.928. The number of aliphatic hydroxyl groups is 1. The number of hydrogen-bond donors (Lipinski definition) is 3. The monoisotopic (exact) mass is 428 g/mol. The molecule has 2 amide bonds. The average molecular weight is 428 g/mol. The van der Waals surface area contributed by atoms with Gasteiger partial charge in [-0.3, -0.25) is 9.69 Å². The molecule has 1 aromatic carbocycles. The zero-order valence-corrected chi connectivity index (χ0v) is 15.2. The van der Waals surface area contributed by atoms with Gasteiger partial charge in [-0.2, -0.15) is 13.2 Å². The lowest BCUT2D eigenvalue weighted by molar-refractivity contribution is -0.140. The maximum Gasteiger partial charge on any atom is 0.419 e. The molecule has 3 N–H and O–H groups in total. The van der Waals surface area contributed by atoms with Crippen molar-refractivity contribution in [1.29, 1.82) is 0 Å². The molecule has 0 bridgehead atoms. The fraction of sp³-hybridized carbons (Fsp3) is 0.333. The van der Waals surface area contributed by atoms with Gasteiger partial charge in [0, 0.05) is 12.1 Å². The first-order valence-electron chi connectivity index (χ1n) is 8.71. The topological polar surface area (TPSA) is 116 Å². The van der Waals surface area contributed by atoms with Gasteiger partial charge in [-0.15, -0.1) is 0 Å². The van der Waals surface area contributed by atoms with Crippen molar-refractivity contribution < 1.29 is 37.4 Å². The van der Waals surface area contributed by atoms with Gasteiger partial charge in [-0.1, -0.05) is 6.07 Å². The Balaban J connectivity index is 1.73.